The van der Waals surface area contributed by atoms with Gasteiger partial charge in [-0.2, -0.15) is 0 Å². The minimum Gasteiger partial charge on any atom is -0.360 e. The number of aromatic nitrogens is 1. The molecule has 6 heteroatoms. The second kappa shape index (κ2) is 4.68. The Hall–Kier alpha value is -1.85. The number of carbonyl (C=O) groups excluding carboxylic acids is 2. The summed E-state index contributed by atoms with van der Waals surface area (Å²) >= 11 is 0. The van der Waals surface area contributed by atoms with E-state index in [0.29, 0.717) is 18.1 Å². The highest BCUT2D eigenvalue weighted by molar-refractivity contribution is 5.97. The molecule has 6 nitrogen and oxygen atoms in total. The van der Waals surface area contributed by atoms with Crippen LogP contribution in [0.2, 0.25) is 0 Å². The van der Waals surface area contributed by atoms with Crippen molar-refractivity contribution in [3.05, 3.63) is 11.8 Å². The summed E-state index contributed by atoms with van der Waals surface area (Å²) in [5.74, 6) is 1.18. The zero-order valence-electron chi connectivity index (χ0n) is 10.9. The minimum absolute atomic E-state index is 0.133. The van der Waals surface area contributed by atoms with Crippen molar-refractivity contribution in [2.75, 3.05) is 11.9 Å². The number of likely N-dealkylation sites (tertiary alicyclic amines) is 1. The van der Waals surface area contributed by atoms with E-state index in [1.54, 1.807) is 17.9 Å². The first-order valence-corrected chi connectivity index (χ1v) is 6.70. The largest absolute Gasteiger partial charge is 0.360 e. The van der Waals surface area contributed by atoms with Gasteiger partial charge in [-0.05, 0) is 32.6 Å². The number of hydrogen-bond donors (Lipinski definition) is 1. The van der Waals surface area contributed by atoms with Crippen molar-refractivity contribution in [1.29, 1.82) is 0 Å². The number of hydrogen-bond acceptors (Lipinski definition) is 4. The lowest BCUT2D eigenvalue weighted by Crippen LogP contribution is -2.43. The van der Waals surface area contributed by atoms with Crippen LogP contribution in [0.5, 0.6) is 0 Å². The first-order valence-electron chi connectivity index (χ1n) is 6.70. The van der Waals surface area contributed by atoms with E-state index in [1.165, 1.54) is 0 Å². The monoisotopic (exact) mass is 263 g/mol. The minimum atomic E-state index is -0.356. The van der Waals surface area contributed by atoms with E-state index in [0.717, 1.165) is 25.7 Å². The highest BCUT2D eigenvalue weighted by atomic mass is 16.5. The van der Waals surface area contributed by atoms with Crippen molar-refractivity contribution in [2.24, 2.45) is 5.92 Å². The highest BCUT2D eigenvalue weighted by Gasteiger charge is 2.40. The molecule has 102 valence electrons. The Balaban J connectivity index is 1.66. The van der Waals surface area contributed by atoms with Gasteiger partial charge in [0.1, 0.15) is 11.8 Å². The standard InChI is InChI=1S/C13H17N3O3/c1-8-7-11(15-19-8)14-12(17)10-3-2-6-16(10)13(18)9-4-5-9/h7,9-10H,2-6H2,1H3,(H,14,15,17). The third kappa shape index (κ3) is 2.47. The van der Waals surface area contributed by atoms with Crippen LogP contribution in [-0.2, 0) is 9.59 Å². The van der Waals surface area contributed by atoms with Gasteiger partial charge in [-0.3, -0.25) is 9.59 Å². The second-order valence-corrected chi connectivity index (χ2v) is 5.28. The molecule has 1 aliphatic carbocycles. The molecule has 1 unspecified atom stereocenters. The molecule has 0 radical (unpaired) electrons. The van der Waals surface area contributed by atoms with Gasteiger partial charge in [0.2, 0.25) is 11.8 Å². The summed E-state index contributed by atoms with van der Waals surface area (Å²) in [6, 6.07) is 1.31. The summed E-state index contributed by atoms with van der Waals surface area (Å²) in [5, 5.41) is 6.45. The van der Waals surface area contributed by atoms with Crippen LogP contribution >= 0.6 is 0 Å². The van der Waals surface area contributed by atoms with Crippen LogP contribution in [0.25, 0.3) is 0 Å². The van der Waals surface area contributed by atoms with Crippen LogP contribution < -0.4 is 5.32 Å². The Morgan fingerprint density at radius 3 is 2.84 bits per heavy atom. The van der Waals surface area contributed by atoms with E-state index in [4.69, 9.17) is 4.52 Å². The molecule has 1 N–H and O–H groups in total. The number of carbonyl (C=O) groups is 2. The molecule has 2 fully saturated rings. The van der Waals surface area contributed by atoms with Gasteiger partial charge in [0.05, 0.1) is 0 Å². The molecule has 1 saturated heterocycles. The Morgan fingerprint density at radius 2 is 2.21 bits per heavy atom. The maximum atomic E-state index is 12.2. The van der Waals surface area contributed by atoms with Gasteiger partial charge in [-0.25, -0.2) is 0 Å². The van der Waals surface area contributed by atoms with Gasteiger partial charge in [-0.15, -0.1) is 0 Å². The molecule has 2 heterocycles. The van der Waals surface area contributed by atoms with Gasteiger partial charge in [0.15, 0.2) is 5.82 Å². The lowest BCUT2D eigenvalue weighted by molar-refractivity contribution is -0.137. The molecule has 19 heavy (non-hydrogen) atoms. The van der Waals surface area contributed by atoms with Crippen LogP contribution in [-0.4, -0.2) is 34.5 Å². The smallest absolute Gasteiger partial charge is 0.248 e. The predicted molar refractivity (Wildman–Crippen MR) is 67.3 cm³/mol. The van der Waals surface area contributed by atoms with Crippen molar-refractivity contribution in [1.82, 2.24) is 10.1 Å². The number of nitrogens with one attached hydrogen (secondary N) is 1. The van der Waals surface area contributed by atoms with E-state index in [-0.39, 0.29) is 23.8 Å². The maximum Gasteiger partial charge on any atom is 0.248 e. The number of rotatable bonds is 3. The average molecular weight is 263 g/mol. The zero-order valence-corrected chi connectivity index (χ0v) is 10.9. The quantitative estimate of drug-likeness (QED) is 0.892. The van der Waals surface area contributed by atoms with E-state index < -0.39 is 0 Å². The van der Waals surface area contributed by atoms with Crippen molar-refractivity contribution < 1.29 is 14.1 Å². The molecule has 2 amide bonds. The third-order valence-electron chi connectivity index (χ3n) is 3.64. The summed E-state index contributed by atoms with van der Waals surface area (Å²) < 4.78 is 4.91. The molecule has 1 saturated carbocycles. The van der Waals surface area contributed by atoms with Gasteiger partial charge in [0, 0.05) is 18.5 Å². The number of aryl methyl sites for hydroxylation is 1. The Labute approximate surface area is 111 Å². The molecular weight excluding hydrogens is 246 g/mol. The molecule has 1 aromatic rings. The highest BCUT2D eigenvalue weighted by Crippen LogP contribution is 2.33. The van der Waals surface area contributed by atoms with Crippen molar-refractivity contribution in [2.45, 2.75) is 38.6 Å². The number of anilines is 1. The van der Waals surface area contributed by atoms with Crippen LogP contribution in [0, 0.1) is 12.8 Å². The fourth-order valence-corrected chi connectivity index (χ4v) is 2.50. The van der Waals surface area contributed by atoms with Crippen LogP contribution in [0.1, 0.15) is 31.4 Å². The fraction of sp³-hybridized carbons (Fsp3) is 0.615. The fourth-order valence-electron chi connectivity index (χ4n) is 2.50. The molecule has 1 atom stereocenters. The summed E-state index contributed by atoms with van der Waals surface area (Å²) in [7, 11) is 0. The van der Waals surface area contributed by atoms with E-state index in [9.17, 15) is 9.59 Å². The molecule has 0 aromatic carbocycles. The lowest BCUT2D eigenvalue weighted by Gasteiger charge is -2.23. The Kier molecular flexibility index (Phi) is 3.00. The second-order valence-electron chi connectivity index (χ2n) is 5.28. The molecule has 3 rings (SSSR count). The van der Waals surface area contributed by atoms with Crippen LogP contribution in [0.15, 0.2) is 10.6 Å². The van der Waals surface area contributed by atoms with Crippen LogP contribution in [0.3, 0.4) is 0 Å². The summed E-state index contributed by atoms with van der Waals surface area (Å²) in [5.41, 5.74) is 0. The van der Waals surface area contributed by atoms with Gasteiger partial charge in [-0.1, -0.05) is 5.16 Å². The lowest BCUT2D eigenvalue weighted by atomic mass is 10.2. The molecule has 1 aromatic heterocycles. The third-order valence-corrected chi connectivity index (χ3v) is 3.64. The summed E-state index contributed by atoms with van der Waals surface area (Å²) in [6.45, 7) is 2.45. The first-order chi connectivity index (χ1) is 9.15. The average Bonchev–Trinajstić information content (AvgIpc) is 2.97. The van der Waals surface area contributed by atoms with Gasteiger partial charge >= 0.3 is 0 Å². The SMILES string of the molecule is Cc1cc(NC(=O)C2CCCN2C(=O)C2CC2)no1. The van der Waals surface area contributed by atoms with Crippen molar-refractivity contribution in [3.63, 3.8) is 0 Å². The van der Waals surface area contributed by atoms with Gasteiger partial charge in [0.25, 0.3) is 0 Å². The van der Waals surface area contributed by atoms with Crippen molar-refractivity contribution in [3.8, 4) is 0 Å². The first kappa shape index (κ1) is 12.2. The summed E-state index contributed by atoms with van der Waals surface area (Å²) in [6.07, 6.45) is 3.54. The molecule has 0 bridgehead atoms. The molecular formula is C13H17N3O3. The topological polar surface area (TPSA) is 75.4 Å². The molecule has 1 aliphatic heterocycles. The maximum absolute atomic E-state index is 12.2. The summed E-state index contributed by atoms with van der Waals surface area (Å²) in [4.78, 5) is 26.0. The van der Waals surface area contributed by atoms with Crippen LogP contribution in [0.4, 0.5) is 5.82 Å². The molecule has 2 aliphatic rings. The predicted octanol–water partition coefficient (Wildman–Crippen LogP) is 1.32. The number of nitrogens with zero attached hydrogens (tertiary/aromatic N) is 2. The van der Waals surface area contributed by atoms with Crippen molar-refractivity contribution >= 4 is 17.6 Å². The normalized spacial score (nSPS) is 22.6. The Morgan fingerprint density at radius 1 is 1.42 bits per heavy atom. The van der Waals surface area contributed by atoms with E-state index in [1.807, 2.05) is 0 Å². The van der Waals surface area contributed by atoms with E-state index in [2.05, 4.69) is 10.5 Å². The Bertz CT molecular complexity index is 507. The zero-order chi connectivity index (χ0) is 13.4. The van der Waals surface area contributed by atoms with Gasteiger partial charge < -0.3 is 14.7 Å². The number of amides is 2. The van der Waals surface area contributed by atoms with E-state index >= 15 is 0 Å². The molecule has 0 spiro atoms.